The van der Waals surface area contributed by atoms with Crippen molar-refractivity contribution in [3.8, 4) is 0 Å². The van der Waals surface area contributed by atoms with Crippen molar-refractivity contribution in [3.63, 3.8) is 0 Å². The van der Waals surface area contributed by atoms with Gasteiger partial charge in [0.2, 0.25) is 21.8 Å². The van der Waals surface area contributed by atoms with Gasteiger partial charge in [-0.2, -0.15) is 0 Å². The van der Waals surface area contributed by atoms with E-state index in [-0.39, 0.29) is 12.5 Å². The van der Waals surface area contributed by atoms with Crippen LogP contribution >= 0.6 is 23.2 Å². The maximum absolute atomic E-state index is 13.4. The Morgan fingerprint density at radius 1 is 1.06 bits per heavy atom. The molecule has 2 rings (SSSR count). The molecular weight excluding hydrogens is 473 g/mol. The van der Waals surface area contributed by atoms with E-state index in [1.54, 1.807) is 63.2 Å². The second-order valence-electron chi connectivity index (χ2n) is 7.34. The van der Waals surface area contributed by atoms with Crippen molar-refractivity contribution < 1.29 is 18.0 Å². The predicted octanol–water partition coefficient (Wildman–Crippen LogP) is 3.62. The Kier molecular flexibility index (Phi) is 8.95. The van der Waals surface area contributed by atoms with E-state index in [9.17, 15) is 18.0 Å². The molecule has 0 aromatic heterocycles. The van der Waals surface area contributed by atoms with Gasteiger partial charge in [0.05, 0.1) is 11.9 Å². The van der Waals surface area contributed by atoms with Crippen LogP contribution in [0.3, 0.4) is 0 Å². The average Bonchev–Trinajstić information content (AvgIpc) is 2.72. The van der Waals surface area contributed by atoms with Gasteiger partial charge in [0.15, 0.2) is 0 Å². The first-order valence-corrected chi connectivity index (χ1v) is 12.6. The number of halogens is 2. The maximum Gasteiger partial charge on any atom is 0.244 e. The van der Waals surface area contributed by atoms with E-state index in [1.807, 2.05) is 0 Å². The highest BCUT2D eigenvalue weighted by Crippen LogP contribution is 2.28. The fourth-order valence-electron chi connectivity index (χ4n) is 3.18. The number of likely N-dealkylation sites (N-methyl/N-ethyl adjacent to an activating group) is 1. The number of carbonyl (C=O) groups is 2. The molecule has 2 aromatic carbocycles. The molecule has 10 heteroatoms. The Labute approximate surface area is 199 Å². The number of benzene rings is 2. The number of carbonyl (C=O) groups excluding carboxylic acids is 2. The van der Waals surface area contributed by atoms with Crippen LogP contribution in [0.4, 0.5) is 5.69 Å². The lowest BCUT2D eigenvalue weighted by atomic mass is 10.1. The lowest BCUT2D eigenvalue weighted by Gasteiger charge is -2.32. The van der Waals surface area contributed by atoms with Crippen LogP contribution in [0.2, 0.25) is 10.0 Å². The van der Waals surface area contributed by atoms with Crippen molar-refractivity contribution in [2.45, 2.75) is 33.4 Å². The quantitative estimate of drug-likeness (QED) is 0.570. The molecule has 0 bridgehead atoms. The number of nitrogens with one attached hydrogen (secondary N) is 1. The molecule has 174 valence electrons. The maximum atomic E-state index is 13.4. The number of nitrogens with zero attached hydrogens (tertiary/aromatic N) is 2. The normalized spacial score (nSPS) is 12.2. The summed E-state index contributed by atoms with van der Waals surface area (Å²) in [4.78, 5) is 27.3. The molecule has 0 heterocycles. The Morgan fingerprint density at radius 2 is 1.69 bits per heavy atom. The van der Waals surface area contributed by atoms with Gasteiger partial charge in [-0.1, -0.05) is 47.5 Å². The van der Waals surface area contributed by atoms with E-state index >= 15 is 0 Å². The summed E-state index contributed by atoms with van der Waals surface area (Å²) < 4.78 is 26.2. The molecule has 0 spiro atoms. The molecule has 0 fully saturated rings. The third-order valence-corrected chi connectivity index (χ3v) is 6.91. The van der Waals surface area contributed by atoms with Crippen LogP contribution in [0.15, 0.2) is 42.5 Å². The first kappa shape index (κ1) is 26.0. The Hall–Kier alpha value is -2.29. The van der Waals surface area contributed by atoms with Crippen LogP contribution in [-0.4, -0.2) is 50.5 Å². The lowest BCUT2D eigenvalue weighted by Crippen LogP contribution is -2.51. The highest BCUT2D eigenvalue weighted by Gasteiger charge is 2.30. The van der Waals surface area contributed by atoms with Gasteiger partial charge < -0.3 is 10.2 Å². The second-order valence-corrected chi connectivity index (χ2v) is 10.1. The topological polar surface area (TPSA) is 86.8 Å². The standard InChI is InChI=1S/C22H27Cl2N3O4S/c1-5-25-22(29)16(3)26(13-17-9-6-7-10-19(17)24)21(28)14-27(32(4,30)31)20-12-8-11-18(23)15(20)2/h6-12,16H,5,13-14H2,1-4H3,(H,25,29)/t16-/m0/s1. The molecule has 0 aliphatic carbocycles. The zero-order chi connectivity index (χ0) is 24.1. The van der Waals surface area contributed by atoms with Crippen LogP contribution in [0.1, 0.15) is 25.0 Å². The van der Waals surface area contributed by atoms with Gasteiger partial charge in [-0.15, -0.1) is 0 Å². The summed E-state index contributed by atoms with van der Waals surface area (Å²) >= 11 is 12.4. The van der Waals surface area contributed by atoms with Crippen molar-refractivity contribution in [1.82, 2.24) is 10.2 Å². The molecule has 0 saturated carbocycles. The zero-order valence-corrected chi connectivity index (χ0v) is 20.8. The van der Waals surface area contributed by atoms with Crippen LogP contribution in [0.25, 0.3) is 0 Å². The van der Waals surface area contributed by atoms with Crippen LogP contribution in [-0.2, 0) is 26.2 Å². The fraction of sp³-hybridized carbons (Fsp3) is 0.364. The summed E-state index contributed by atoms with van der Waals surface area (Å²) in [5, 5.41) is 3.52. The number of hydrogen-bond acceptors (Lipinski definition) is 4. The summed E-state index contributed by atoms with van der Waals surface area (Å²) in [5.41, 5.74) is 1.47. The van der Waals surface area contributed by atoms with Crippen LogP contribution in [0, 0.1) is 6.92 Å². The van der Waals surface area contributed by atoms with E-state index in [0.717, 1.165) is 10.6 Å². The van der Waals surface area contributed by atoms with Gasteiger partial charge in [-0.3, -0.25) is 13.9 Å². The molecule has 0 saturated heterocycles. The highest BCUT2D eigenvalue weighted by molar-refractivity contribution is 7.92. The molecule has 32 heavy (non-hydrogen) atoms. The third kappa shape index (κ3) is 6.37. The monoisotopic (exact) mass is 499 g/mol. The Balaban J connectivity index is 2.45. The average molecular weight is 500 g/mol. The summed E-state index contributed by atoms with van der Waals surface area (Å²) in [6.45, 7) is 5.00. The minimum Gasteiger partial charge on any atom is -0.355 e. The molecule has 2 aromatic rings. The van der Waals surface area contributed by atoms with Crippen molar-refractivity contribution >= 4 is 50.7 Å². The molecule has 0 aliphatic rings. The summed E-state index contributed by atoms with van der Waals surface area (Å²) in [6.07, 6.45) is 1.02. The third-order valence-electron chi connectivity index (χ3n) is 5.00. The Morgan fingerprint density at radius 3 is 2.28 bits per heavy atom. The number of amides is 2. The van der Waals surface area contributed by atoms with Crippen molar-refractivity contribution in [2.24, 2.45) is 0 Å². The number of sulfonamides is 1. The smallest absolute Gasteiger partial charge is 0.244 e. The van der Waals surface area contributed by atoms with Crippen molar-refractivity contribution in [2.75, 3.05) is 23.7 Å². The summed E-state index contributed by atoms with van der Waals surface area (Å²) in [6, 6.07) is 11.0. The van der Waals surface area contributed by atoms with E-state index < -0.39 is 28.5 Å². The van der Waals surface area contributed by atoms with E-state index in [0.29, 0.717) is 33.4 Å². The minimum absolute atomic E-state index is 0.0446. The van der Waals surface area contributed by atoms with Gasteiger partial charge in [-0.05, 0) is 50.1 Å². The highest BCUT2D eigenvalue weighted by atomic mass is 35.5. The molecule has 0 aliphatic heterocycles. The molecule has 0 radical (unpaired) electrons. The minimum atomic E-state index is -3.82. The predicted molar refractivity (Wildman–Crippen MR) is 129 cm³/mol. The van der Waals surface area contributed by atoms with Crippen LogP contribution in [0.5, 0.6) is 0 Å². The lowest BCUT2D eigenvalue weighted by molar-refractivity contribution is -0.139. The fourth-order valence-corrected chi connectivity index (χ4v) is 4.44. The van der Waals surface area contributed by atoms with Gasteiger partial charge in [-0.25, -0.2) is 8.42 Å². The molecule has 0 unspecified atom stereocenters. The van der Waals surface area contributed by atoms with Crippen molar-refractivity contribution in [1.29, 1.82) is 0 Å². The number of hydrogen-bond donors (Lipinski definition) is 1. The largest absolute Gasteiger partial charge is 0.355 e. The Bertz CT molecular complexity index is 1090. The van der Waals surface area contributed by atoms with Crippen molar-refractivity contribution in [3.05, 3.63) is 63.6 Å². The SMILES string of the molecule is CCNC(=O)[C@H](C)N(Cc1ccccc1Cl)C(=O)CN(c1cccc(Cl)c1C)S(C)(=O)=O. The van der Waals surface area contributed by atoms with Gasteiger partial charge in [0.25, 0.3) is 0 Å². The van der Waals surface area contributed by atoms with E-state index in [1.165, 1.54) is 4.90 Å². The van der Waals surface area contributed by atoms with Gasteiger partial charge in [0.1, 0.15) is 12.6 Å². The summed E-state index contributed by atoms with van der Waals surface area (Å²) in [7, 11) is -3.82. The van der Waals surface area contributed by atoms with E-state index in [4.69, 9.17) is 23.2 Å². The second kappa shape index (κ2) is 11.0. The van der Waals surface area contributed by atoms with E-state index in [2.05, 4.69) is 5.32 Å². The number of rotatable bonds is 9. The molecule has 1 N–H and O–H groups in total. The molecule has 1 atom stereocenters. The molecule has 2 amide bonds. The first-order chi connectivity index (χ1) is 15.0. The van der Waals surface area contributed by atoms with Crippen LogP contribution < -0.4 is 9.62 Å². The number of anilines is 1. The van der Waals surface area contributed by atoms with Gasteiger partial charge >= 0.3 is 0 Å². The molecular formula is C22H27Cl2N3O4S. The summed E-state index contributed by atoms with van der Waals surface area (Å²) in [5.74, 6) is -0.897. The first-order valence-electron chi connectivity index (χ1n) is 10.0. The van der Waals surface area contributed by atoms with Gasteiger partial charge in [0, 0.05) is 23.1 Å². The zero-order valence-electron chi connectivity index (χ0n) is 18.4. The molecule has 7 nitrogen and oxygen atoms in total.